The Morgan fingerprint density at radius 1 is 1.28 bits per heavy atom. The number of rotatable bonds is 6. The second-order valence-electron chi connectivity index (χ2n) is 4.73. The molecule has 0 aromatic rings. The topological polar surface area (TPSA) is 55.4 Å². The molecule has 1 amide bonds. The molecule has 0 aromatic carbocycles. The molecule has 0 aromatic heterocycles. The number of carbonyl (C=O) groups is 2. The Morgan fingerprint density at radius 2 is 2.00 bits per heavy atom. The van der Waals surface area contributed by atoms with Crippen molar-refractivity contribution in [2.24, 2.45) is 5.92 Å². The van der Waals surface area contributed by atoms with Crippen LogP contribution >= 0.6 is 0 Å². The van der Waals surface area contributed by atoms with Gasteiger partial charge in [0, 0.05) is 12.6 Å². The summed E-state index contributed by atoms with van der Waals surface area (Å²) in [7, 11) is 0. The van der Waals surface area contributed by atoms with Crippen molar-refractivity contribution in [2.75, 3.05) is 13.2 Å². The summed E-state index contributed by atoms with van der Waals surface area (Å²) in [6.07, 6.45) is 10.1. The Morgan fingerprint density at radius 3 is 2.67 bits per heavy atom. The summed E-state index contributed by atoms with van der Waals surface area (Å²) in [5, 5.41) is 2.82. The molecule has 1 saturated carbocycles. The molecule has 1 aliphatic rings. The van der Waals surface area contributed by atoms with Gasteiger partial charge in [0.25, 0.3) is 5.91 Å². The molecule has 18 heavy (non-hydrogen) atoms. The van der Waals surface area contributed by atoms with E-state index in [2.05, 4.69) is 5.32 Å². The lowest BCUT2D eigenvalue weighted by Crippen LogP contribution is -2.33. The molecule has 0 bridgehead atoms. The van der Waals surface area contributed by atoms with E-state index in [9.17, 15) is 9.59 Å². The van der Waals surface area contributed by atoms with Crippen molar-refractivity contribution in [1.82, 2.24) is 5.32 Å². The molecule has 1 N–H and O–H groups in total. The van der Waals surface area contributed by atoms with Gasteiger partial charge in [0.2, 0.25) is 0 Å². The molecule has 0 spiro atoms. The third kappa shape index (κ3) is 6.42. The van der Waals surface area contributed by atoms with E-state index in [0.717, 1.165) is 6.42 Å². The van der Waals surface area contributed by atoms with E-state index in [0.29, 0.717) is 12.5 Å². The number of hydrogen-bond donors (Lipinski definition) is 1. The monoisotopic (exact) mass is 253 g/mol. The lowest BCUT2D eigenvalue weighted by atomic mass is 9.89. The molecule has 1 fully saturated rings. The van der Waals surface area contributed by atoms with Crippen LogP contribution in [0.4, 0.5) is 0 Å². The van der Waals surface area contributed by atoms with Crippen molar-refractivity contribution < 1.29 is 14.3 Å². The fraction of sp³-hybridized carbons (Fsp3) is 0.714. The summed E-state index contributed by atoms with van der Waals surface area (Å²) < 4.78 is 4.81. The minimum Gasteiger partial charge on any atom is -0.452 e. The zero-order valence-electron chi connectivity index (χ0n) is 11.1. The zero-order chi connectivity index (χ0) is 13.2. The standard InChI is InChI=1S/C14H23NO3/c1-2-3-9-14(17)18-11-13(16)15-10-12-7-5-4-6-8-12/h3,9,12H,2,4-8,10-11H2,1H3,(H,15,16)/b9-3+. The molecule has 1 rings (SSSR count). The first-order valence-corrected chi connectivity index (χ1v) is 6.82. The maximum absolute atomic E-state index is 11.5. The maximum Gasteiger partial charge on any atom is 0.330 e. The Kier molecular flexibility index (Phi) is 7.14. The Labute approximate surface area is 109 Å². The van der Waals surface area contributed by atoms with Gasteiger partial charge in [-0.05, 0) is 25.2 Å². The minimum atomic E-state index is -0.454. The number of allylic oxidation sites excluding steroid dienone is 1. The van der Waals surface area contributed by atoms with Crippen LogP contribution in [0.1, 0.15) is 45.4 Å². The molecule has 1 aliphatic carbocycles. The minimum absolute atomic E-state index is 0.181. The summed E-state index contributed by atoms with van der Waals surface area (Å²) in [4.78, 5) is 22.6. The summed E-state index contributed by atoms with van der Waals surface area (Å²) in [5.41, 5.74) is 0. The molecule has 0 saturated heterocycles. The highest BCUT2D eigenvalue weighted by Gasteiger charge is 2.14. The van der Waals surface area contributed by atoms with E-state index in [4.69, 9.17) is 4.74 Å². The largest absolute Gasteiger partial charge is 0.452 e. The summed E-state index contributed by atoms with van der Waals surface area (Å²) in [5.74, 6) is -0.0677. The predicted molar refractivity (Wildman–Crippen MR) is 70.0 cm³/mol. The van der Waals surface area contributed by atoms with E-state index in [1.54, 1.807) is 6.08 Å². The van der Waals surface area contributed by atoms with Crippen LogP contribution in [0.15, 0.2) is 12.2 Å². The van der Waals surface area contributed by atoms with Crippen molar-refractivity contribution in [3.05, 3.63) is 12.2 Å². The third-order valence-electron chi connectivity index (χ3n) is 3.15. The van der Waals surface area contributed by atoms with Gasteiger partial charge in [0.05, 0.1) is 0 Å². The lowest BCUT2D eigenvalue weighted by molar-refractivity contribution is -0.143. The third-order valence-corrected chi connectivity index (χ3v) is 3.15. The first kappa shape index (κ1) is 14.7. The second kappa shape index (κ2) is 8.72. The zero-order valence-corrected chi connectivity index (χ0v) is 11.1. The normalized spacial score (nSPS) is 16.7. The van der Waals surface area contributed by atoms with Crippen molar-refractivity contribution in [2.45, 2.75) is 45.4 Å². The van der Waals surface area contributed by atoms with Gasteiger partial charge in [-0.2, -0.15) is 0 Å². The van der Waals surface area contributed by atoms with Crippen molar-refractivity contribution in [3.8, 4) is 0 Å². The number of ether oxygens (including phenoxy) is 1. The Balaban J connectivity index is 2.09. The fourth-order valence-corrected chi connectivity index (χ4v) is 2.10. The van der Waals surface area contributed by atoms with Crippen molar-refractivity contribution >= 4 is 11.9 Å². The van der Waals surface area contributed by atoms with Crippen LogP contribution < -0.4 is 5.32 Å². The van der Waals surface area contributed by atoms with E-state index < -0.39 is 5.97 Å². The van der Waals surface area contributed by atoms with E-state index in [1.807, 2.05) is 6.92 Å². The first-order valence-electron chi connectivity index (χ1n) is 6.82. The van der Waals surface area contributed by atoms with Crippen LogP contribution in [0.2, 0.25) is 0 Å². The Bertz CT molecular complexity index is 293. The van der Waals surface area contributed by atoms with E-state index in [-0.39, 0.29) is 12.5 Å². The molecule has 0 heterocycles. The number of carbonyl (C=O) groups excluding carboxylic acids is 2. The molecule has 0 aliphatic heterocycles. The SMILES string of the molecule is CC/C=C/C(=O)OCC(=O)NCC1CCCCC1. The van der Waals surface area contributed by atoms with Crippen LogP contribution in [-0.2, 0) is 14.3 Å². The van der Waals surface area contributed by atoms with E-state index in [1.165, 1.54) is 38.2 Å². The molecule has 4 heteroatoms. The first-order chi connectivity index (χ1) is 8.72. The van der Waals surface area contributed by atoms with Gasteiger partial charge >= 0.3 is 5.97 Å². The molecule has 0 radical (unpaired) electrons. The van der Waals surface area contributed by atoms with Crippen LogP contribution in [-0.4, -0.2) is 25.0 Å². The van der Waals surface area contributed by atoms with Crippen molar-refractivity contribution in [3.63, 3.8) is 0 Å². The smallest absolute Gasteiger partial charge is 0.330 e. The summed E-state index contributed by atoms with van der Waals surface area (Å²) >= 11 is 0. The molecular formula is C14H23NO3. The Hall–Kier alpha value is -1.32. The molecule has 4 nitrogen and oxygen atoms in total. The van der Waals surface area contributed by atoms with Crippen molar-refractivity contribution in [1.29, 1.82) is 0 Å². The van der Waals surface area contributed by atoms with Gasteiger partial charge < -0.3 is 10.1 Å². The van der Waals surface area contributed by atoms with Crippen LogP contribution in [0.5, 0.6) is 0 Å². The highest BCUT2D eigenvalue weighted by Crippen LogP contribution is 2.22. The molecular weight excluding hydrogens is 230 g/mol. The second-order valence-corrected chi connectivity index (χ2v) is 4.73. The summed E-state index contributed by atoms with van der Waals surface area (Å²) in [6.45, 7) is 2.46. The van der Waals surface area contributed by atoms with Crippen LogP contribution in [0.3, 0.4) is 0 Å². The highest BCUT2D eigenvalue weighted by atomic mass is 16.5. The number of amides is 1. The van der Waals surface area contributed by atoms with Crippen LogP contribution in [0, 0.1) is 5.92 Å². The molecule has 102 valence electrons. The quantitative estimate of drug-likeness (QED) is 0.583. The average molecular weight is 253 g/mol. The van der Waals surface area contributed by atoms with Gasteiger partial charge in [0.15, 0.2) is 6.61 Å². The average Bonchev–Trinajstić information content (AvgIpc) is 2.41. The fourth-order valence-electron chi connectivity index (χ4n) is 2.10. The van der Waals surface area contributed by atoms with Gasteiger partial charge in [0.1, 0.15) is 0 Å². The number of esters is 1. The lowest BCUT2D eigenvalue weighted by Gasteiger charge is -2.21. The van der Waals surface area contributed by atoms with Crippen LogP contribution in [0.25, 0.3) is 0 Å². The predicted octanol–water partition coefficient (Wildman–Crippen LogP) is 2.19. The highest BCUT2D eigenvalue weighted by molar-refractivity contribution is 5.85. The number of hydrogen-bond acceptors (Lipinski definition) is 3. The summed E-state index contributed by atoms with van der Waals surface area (Å²) in [6, 6.07) is 0. The molecule has 0 unspecified atom stereocenters. The van der Waals surface area contributed by atoms with Gasteiger partial charge in [-0.15, -0.1) is 0 Å². The molecule has 0 atom stereocenters. The van der Waals surface area contributed by atoms with E-state index >= 15 is 0 Å². The van der Waals surface area contributed by atoms with Gasteiger partial charge in [-0.25, -0.2) is 4.79 Å². The maximum atomic E-state index is 11.5. The van der Waals surface area contributed by atoms with Gasteiger partial charge in [-0.1, -0.05) is 32.3 Å². The number of nitrogens with one attached hydrogen (secondary N) is 1. The van der Waals surface area contributed by atoms with Gasteiger partial charge in [-0.3, -0.25) is 4.79 Å².